The van der Waals surface area contributed by atoms with Gasteiger partial charge in [-0.2, -0.15) is 0 Å². The molecule has 0 spiro atoms. The smallest absolute Gasteiger partial charge is 0.263 e. The average Bonchev–Trinajstić information content (AvgIpc) is 3.18. The minimum atomic E-state index is -0.176. The van der Waals surface area contributed by atoms with Gasteiger partial charge in [-0.15, -0.1) is 0 Å². The summed E-state index contributed by atoms with van der Waals surface area (Å²) in [5.41, 5.74) is 0.887. The molecule has 28 heavy (non-hydrogen) atoms. The van der Waals surface area contributed by atoms with Crippen molar-refractivity contribution >= 4 is 5.91 Å². The number of hydrogen-bond acceptors (Lipinski definition) is 4. The summed E-state index contributed by atoms with van der Waals surface area (Å²) in [7, 11) is 0. The number of amides is 1. The Labute approximate surface area is 165 Å². The predicted molar refractivity (Wildman–Crippen MR) is 108 cm³/mol. The number of ether oxygens (including phenoxy) is 1. The first-order valence-corrected chi connectivity index (χ1v) is 10.1. The van der Waals surface area contributed by atoms with Crippen LogP contribution in [0.2, 0.25) is 0 Å². The molecule has 1 N–H and O–H groups in total. The van der Waals surface area contributed by atoms with Crippen molar-refractivity contribution in [2.45, 2.75) is 38.3 Å². The molecule has 4 rings (SSSR count). The van der Waals surface area contributed by atoms with E-state index in [0.717, 1.165) is 43.7 Å². The molecular formula is C22H27N3O3. The number of likely N-dealkylation sites (tertiary alicyclic amines) is 1. The lowest BCUT2D eigenvalue weighted by Crippen LogP contribution is -2.40. The van der Waals surface area contributed by atoms with E-state index in [0.29, 0.717) is 18.7 Å². The molecule has 0 radical (unpaired) electrons. The lowest BCUT2D eigenvalue weighted by atomic mass is 10.0. The van der Waals surface area contributed by atoms with Gasteiger partial charge in [0.1, 0.15) is 17.4 Å². The fourth-order valence-electron chi connectivity index (χ4n) is 4.13. The Morgan fingerprint density at radius 3 is 2.61 bits per heavy atom. The van der Waals surface area contributed by atoms with Crippen molar-refractivity contribution in [1.82, 2.24) is 14.8 Å². The van der Waals surface area contributed by atoms with Crippen LogP contribution in [-0.2, 0) is 0 Å². The molecule has 0 unspecified atom stereocenters. The zero-order valence-electron chi connectivity index (χ0n) is 16.3. The lowest BCUT2D eigenvalue weighted by Gasteiger charge is -2.26. The van der Waals surface area contributed by atoms with E-state index < -0.39 is 0 Å². The Morgan fingerprint density at radius 1 is 1.11 bits per heavy atom. The van der Waals surface area contributed by atoms with E-state index in [1.807, 2.05) is 49.5 Å². The van der Waals surface area contributed by atoms with Crippen molar-refractivity contribution < 1.29 is 9.53 Å². The van der Waals surface area contributed by atoms with Crippen molar-refractivity contribution in [2.24, 2.45) is 0 Å². The number of para-hydroxylation sites is 1. The van der Waals surface area contributed by atoms with Gasteiger partial charge in [0.2, 0.25) is 0 Å². The van der Waals surface area contributed by atoms with Gasteiger partial charge in [-0.3, -0.25) is 9.59 Å². The predicted octanol–water partition coefficient (Wildman–Crippen LogP) is 2.37. The van der Waals surface area contributed by atoms with E-state index in [2.05, 4.69) is 5.32 Å². The highest BCUT2D eigenvalue weighted by Crippen LogP contribution is 2.21. The Hall–Kier alpha value is -2.60. The summed E-state index contributed by atoms with van der Waals surface area (Å²) < 4.78 is 7.75. The van der Waals surface area contributed by atoms with E-state index in [1.54, 1.807) is 9.47 Å². The molecule has 2 saturated heterocycles. The number of rotatable bonds is 4. The van der Waals surface area contributed by atoms with Gasteiger partial charge >= 0.3 is 0 Å². The van der Waals surface area contributed by atoms with Crippen molar-refractivity contribution in [1.29, 1.82) is 0 Å². The Morgan fingerprint density at radius 2 is 1.86 bits per heavy atom. The molecular weight excluding hydrogens is 354 g/mol. The molecule has 1 atom stereocenters. The SMILES string of the molecule is Cc1ccn(C2CCNCC2)c(=O)c1C(=O)N1CC[C@@H](Oc2ccccc2)C1. The van der Waals surface area contributed by atoms with Crippen LogP contribution in [0.5, 0.6) is 5.75 Å². The monoisotopic (exact) mass is 381 g/mol. The standard InChI is InChI=1S/C22H27N3O3/c1-16-9-14-25(17-7-11-23-12-8-17)22(27)20(16)21(26)24-13-10-19(15-24)28-18-5-3-2-4-6-18/h2-6,9,14,17,19,23H,7-8,10-13,15H2,1H3/t19-/m1/s1. The van der Waals surface area contributed by atoms with Gasteiger partial charge in [-0.05, 0) is 56.6 Å². The number of carbonyl (C=O) groups is 1. The summed E-state index contributed by atoms with van der Waals surface area (Å²) in [5.74, 6) is 0.635. The van der Waals surface area contributed by atoms with Crippen LogP contribution >= 0.6 is 0 Å². The second-order valence-electron chi connectivity index (χ2n) is 7.66. The van der Waals surface area contributed by atoms with Crippen LogP contribution in [0, 0.1) is 6.92 Å². The second-order valence-corrected chi connectivity index (χ2v) is 7.66. The van der Waals surface area contributed by atoms with E-state index in [1.165, 1.54) is 0 Å². The van der Waals surface area contributed by atoms with Crippen molar-refractivity contribution in [3.63, 3.8) is 0 Å². The molecule has 2 aliphatic rings. The van der Waals surface area contributed by atoms with Crippen LogP contribution in [-0.4, -0.2) is 47.7 Å². The third-order valence-electron chi connectivity index (χ3n) is 5.72. The molecule has 1 aromatic heterocycles. The van der Waals surface area contributed by atoms with Crippen molar-refractivity contribution in [3.05, 3.63) is 64.1 Å². The molecule has 0 saturated carbocycles. The van der Waals surface area contributed by atoms with E-state index in [4.69, 9.17) is 4.74 Å². The maximum atomic E-state index is 13.2. The Bertz CT molecular complexity index is 888. The average molecular weight is 381 g/mol. The van der Waals surface area contributed by atoms with Crippen LogP contribution in [0.15, 0.2) is 47.4 Å². The van der Waals surface area contributed by atoms with E-state index in [-0.39, 0.29) is 23.6 Å². The van der Waals surface area contributed by atoms with Gasteiger partial charge in [0.25, 0.3) is 11.5 Å². The first-order valence-electron chi connectivity index (χ1n) is 10.1. The summed E-state index contributed by atoms with van der Waals surface area (Å²) in [6, 6.07) is 11.7. The number of nitrogens with one attached hydrogen (secondary N) is 1. The van der Waals surface area contributed by atoms with Gasteiger partial charge in [-0.1, -0.05) is 18.2 Å². The highest BCUT2D eigenvalue weighted by atomic mass is 16.5. The number of hydrogen-bond donors (Lipinski definition) is 1. The lowest BCUT2D eigenvalue weighted by molar-refractivity contribution is 0.0769. The fourth-order valence-corrected chi connectivity index (χ4v) is 4.13. The minimum absolute atomic E-state index is 0.0398. The zero-order chi connectivity index (χ0) is 19.5. The summed E-state index contributed by atoms with van der Waals surface area (Å²) in [6.07, 6.45) is 4.40. The first kappa shape index (κ1) is 18.7. The van der Waals surface area contributed by atoms with E-state index >= 15 is 0 Å². The van der Waals surface area contributed by atoms with Crippen molar-refractivity contribution in [2.75, 3.05) is 26.2 Å². The number of aromatic nitrogens is 1. The summed E-state index contributed by atoms with van der Waals surface area (Å²) in [6.45, 7) is 4.76. The third-order valence-corrected chi connectivity index (χ3v) is 5.72. The van der Waals surface area contributed by atoms with Crippen LogP contribution in [0.4, 0.5) is 0 Å². The van der Waals surface area contributed by atoms with E-state index in [9.17, 15) is 9.59 Å². The van der Waals surface area contributed by atoms with Crippen LogP contribution < -0.4 is 15.6 Å². The molecule has 2 fully saturated rings. The number of aryl methyl sites for hydroxylation is 1. The topological polar surface area (TPSA) is 63.6 Å². The van der Waals surface area contributed by atoms with Gasteiger partial charge in [0, 0.05) is 25.2 Å². The molecule has 2 aromatic rings. The molecule has 3 heterocycles. The molecule has 0 bridgehead atoms. The third kappa shape index (κ3) is 3.83. The number of piperidine rings is 1. The maximum Gasteiger partial charge on any atom is 0.263 e. The minimum Gasteiger partial charge on any atom is -0.489 e. The number of nitrogens with zero attached hydrogens (tertiary/aromatic N) is 2. The summed E-state index contributed by atoms with van der Waals surface area (Å²) in [5, 5.41) is 3.32. The molecule has 6 nitrogen and oxygen atoms in total. The highest BCUT2D eigenvalue weighted by molar-refractivity contribution is 5.95. The van der Waals surface area contributed by atoms with Crippen LogP contribution in [0.1, 0.15) is 41.2 Å². The van der Waals surface area contributed by atoms with Crippen LogP contribution in [0.3, 0.4) is 0 Å². The normalized spacial score (nSPS) is 20.3. The molecule has 1 aromatic carbocycles. The molecule has 2 aliphatic heterocycles. The van der Waals surface area contributed by atoms with Crippen molar-refractivity contribution in [3.8, 4) is 5.75 Å². The largest absolute Gasteiger partial charge is 0.489 e. The number of pyridine rings is 1. The first-order chi connectivity index (χ1) is 13.6. The number of carbonyl (C=O) groups excluding carboxylic acids is 1. The summed E-state index contributed by atoms with van der Waals surface area (Å²) in [4.78, 5) is 28.0. The van der Waals surface area contributed by atoms with Gasteiger partial charge in [-0.25, -0.2) is 0 Å². The number of benzene rings is 1. The quantitative estimate of drug-likeness (QED) is 0.883. The Kier molecular flexibility index (Phi) is 5.48. The highest BCUT2D eigenvalue weighted by Gasteiger charge is 2.31. The zero-order valence-corrected chi connectivity index (χ0v) is 16.3. The Balaban J connectivity index is 1.51. The van der Waals surface area contributed by atoms with Gasteiger partial charge in [0.05, 0.1) is 6.54 Å². The molecule has 1 amide bonds. The molecule has 6 heteroatoms. The second kappa shape index (κ2) is 8.19. The summed E-state index contributed by atoms with van der Waals surface area (Å²) >= 11 is 0. The molecule has 148 valence electrons. The molecule has 0 aliphatic carbocycles. The van der Waals surface area contributed by atoms with Gasteiger partial charge in [0.15, 0.2) is 0 Å². The van der Waals surface area contributed by atoms with Gasteiger partial charge < -0.3 is 19.5 Å². The van der Waals surface area contributed by atoms with Crippen LogP contribution in [0.25, 0.3) is 0 Å². The maximum absolute atomic E-state index is 13.2. The fraction of sp³-hybridized carbons (Fsp3) is 0.455.